The van der Waals surface area contributed by atoms with Gasteiger partial charge in [-0.25, -0.2) is 13.1 Å². The second-order valence-corrected chi connectivity index (χ2v) is 7.66. The Kier molecular flexibility index (Phi) is 5.49. The van der Waals surface area contributed by atoms with Gasteiger partial charge in [-0.1, -0.05) is 12.1 Å². The van der Waals surface area contributed by atoms with Crippen LogP contribution in [0.25, 0.3) is 0 Å². The Morgan fingerprint density at radius 2 is 1.90 bits per heavy atom. The quantitative estimate of drug-likeness (QED) is 0.742. The third-order valence-electron chi connectivity index (χ3n) is 2.70. The molecule has 0 bridgehead atoms. The SMILES string of the molecule is Cc1cc(CN)ccc1S(=O)(=O)NCC(=O)NC(C)(C)C. The van der Waals surface area contributed by atoms with E-state index in [9.17, 15) is 13.2 Å². The minimum Gasteiger partial charge on any atom is -0.350 e. The van der Waals surface area contributed by atoms with Crippen molar-refractivity contribution < 1.29 is 13.2 Å². The first-order valence-corrected chi connectivity index (χ1v) is 8.14. The van der Waals surface area contributed by atoms with Gasteiger partial charge in [-0.3, -0.25) is 4.79 Å². The van der Waals surface area contributed by atoms with Crippen LogP contribution in [0.15, 0.2) is 23.1 Å². The standard InChI is InChI=1S/C14H23N3O3S/c1-10-7-11(8-15)5-6-12(10)21(19,20)16-9-13(18)17-14(2,3)4/h5-7,16H,8-9,15H2,1-4H3,(H,17,18). The Hall–Kier alpha value is -1.44. The van der Waals surface area contributed by atoms with E-state index in [1.807, 2.05) is 20.8 Å². The first-order valence-electron chi connectivity index (χ1n) is 6.65. The van der Waals surface area contributed by atoms with Crippen LogP contribution in [0.4, 0.5) is 0 Å². The average molecular weight is 313 g/mol. The number of benzene rings is 1. The highest BCUT2D eigenvalue weighted by molar-refractivity contribution is 7.89. The molecule has 1 aromatic rings. The lowest BCUT2D eigenvalue weighted by Crippen LogP contribution is -2.45. The van der Waals surface area contributed by atoms with Gasteiger partial charge < -0.3 is 11.1 Å². The topological polar surface area (TPSA) is 101 Å². The summed E-state index contributed by atoms with van der Waals surface area (Å²) in [4.78, 5) is 11.8. The Balaban J connectivity index is 2.81. The molecule has 0 aliphatic heterocycles. The maximum absolute atomic E-state index is 12.2. The molecule has 0 unspecified atom stereocenters. The van der Waals surface area contributed by atoms with Crippen molar-refractivity contribution in [3.05, 3.63) is 29.3 Å². The minimum atomic E-state index is -3.72. The predicted octanol–water partition coefficient (Wildman–Crippen LogP) is 0.647. The summed E-state index contributed by atoms with van der Waals surface area (Å²) >= 11 is 0. The Labute approximate surface area is 126 Å². The van der Waals surface area contributed by atoms with Gasteiger partial charge in [0.2, 0.25) is 15.9 Å². The second kappa shape index (κ2) is 6.55. The van der Waals surface area contributed by atoms with Gasteiger partial charge in [-0.15, -0.1) is 0 Å². The van der Waals surface area contributed by atoms with Crippen LogP contribution in [0.5, 0.6) is 0 Å². The number of nitrogens with two attached hydrogens (primary N) is 1. The number of hydrogen-bond acceptors (Lipinski definition) is 4. The summed E-state index contributed by atoms with van der Waals surface area (Å²) < 4.78 is 26.7. The first kappa shape index (κ1) is 17.6. The highest BCUT2D eigenvalue weighted by Crippen LogP contribution is 2.16. The molecule has 0 saturated carbocycles. The van der Waals surface area contributed by atoms with Crippen LogP contribution in [0, 0.1) is 6.92 Å². The van der Waals surface area contributed by atoms with Gasteiger partial charge in [0.15, 0.2) is 0 Å². The van der Waals surface area contributed by atoms with Gasteiger partial charge in [-0.05, 0) is 44.9 Å². The number of aryl methyl sites for hydroxylation is 1. The fraction of sp³-hybridized carbons (Fsp3) is 0.500. The van der Waals surface area contributed by atoms with Gasteiger partial charge in [0.05, 0.1) is 11.4 Å². The number of hydrogen-bond donors (Lipinski definition) is 3. The van der Waals surface area contributed by atoms with Crippen molar-refractivity contribution in [2.75, 3.05) is 6.54 Å². The fourth-order valence-electron chi connectivity index (χ4n) is 1.84. The molecule has 0 fully saturated rings. The van der Waals surface area contributed by atoms with E-state index in [2.05, 4.69) is 10.0 Å². The molecule has 0 aliphatic rings. The Bertz CT molecular complexity index is 619. The van der Waals surface area contributed by atoms with Gasteiger partial charge >= 0.3 is 0 Å². The summed E-state index contributed by atoms with van der Waals surface area (Å²) in [5, 5.41) is 2.69. The lowest BCUT2D eigenvalue weighted by atomic mass is 10.1. The molecule has 1 rings (SSSR count). The maximum atomic E-state index is 12.2. The van der Waals surface area contributed by atoms with E-state index < -0.39 is 15.6 Å². The zero-order valence-electron chi connectivity index (χ0n) is 12.9. The highest BCUT2D eigenvalue weighted by atomic mass is 32.2. The summed E-state index contributed by atoms with van der Waals surface area (Å²) in [6.45, 7) is 7.24. The van der Waals surface area contributed by atoms with Crippen LogP contribution in [0.1, 0.15) is 31.9 Å². The van der Waals surface area contributed by atoms with Crippen molar-refractivity contribution in [2.24, 2.45) is 5.73 Å². The number of rotatable bonds is 5. The van der Waals surface area contributed by atoms with Crippen LogP contribution in [0.2, 0.25) is 0 Å². The largest absolute Gasteiger partial charge is 0.350 e. The van der Waals surface area contributed by atoms with Crippen LogP contribution in [0.3, 0.4) is 0 Å². The number of carbonyl (C=O) groups is 1. The van der Waals surface area contributed by atoms with Crippen LogP contribution >= 0.6 is 0 Å². The second-order valence-electron chi connectivity index (χ2n) is 5.93. The van der Waals surface area contributed by atoms with Crippen LogP contribution < -0.4 is 15.8 Å². The normalized spacial score (nSPS) is 12.2. The molecule has 0 saturated heterocycles. The monoisotopic (exact) mass is 313 g/mol. The van der Waals surface area contributed by atoms with Gasteiger partial charge in [0, 0.05) is 12.1 Å². The molecule has 6 nitrogen and oxygen atoms in total. The highest BCUT2D eigenvalue weighted by Gasteiger charge is 2.20. The molecular weight excluding hydrogens is 290 g/mol. The van der Waals surface area contributed by atoms with Crippen molar-refractivity contribution in [3.8, 4) is 0 Å². The van der Waals surface area contributed by atoms with Gasteiger partial charge in [0.1, 0.15) is 0 Å². The summed E-state index contributed by atoms with van der Waals surface area (Å²) in [7, 11) is -3.72. The van der Waals surface area contributed by atoms with E-state index in [0.717, 1.165) is 5.56 Å². The molecule has 4 N–H and O–H groups in total. The van der Waals surface area contributed by atoms with Crippen molar-refractivity contribution in [1.29, 1.82) is 0 Å². The molecule has 1 aromatic carbocycles. The van der Waals surface area contributed by atoms with Crippen molar-refractivity contribution >= 4 is 15.9 Å². The lowest BCUT2D eigenvalue weighted by Gasteiger charge is -2.20. The first-order chi connectivity index (χ1) is 9.55. The summed E-state index contributed by atoms with van der Waals surface area (Å²) in [5.41, 5.74) is 6.57. The smallest absolute Gasteiger partial charge is 0.241 e. The fourth-order valence-corrected chi connectivity index (χ4v) is 3.05. The van der Waals surface area contributed by atoms with E-state index in [0.29, 0.717) is 12.1 Å². The van der Waals surface area contributed by atoms with Crippen molar-refractivity contribution in [1.82, 2.24) is 10.0 Å². The van der Waals surface area contributed by atoms with E-state index in [1.54, 1.807) is 19.1 Å². The van der Waals surface area contributed by atoms with Gasteiger partial charge in [-0.2, -0.15) is 0 Å². The molecule has 21 heavy (non-hydrogen) atoms. The number of sulfonamides is 1. The van der Waals surface area contributed by atoms with E-state index in [1.165, 1.54) is 6.07 Å². The van der Waals surface area contributed by atoms with E-state index in [-0.39, 0.29) is 17.3 Å². The Morgan fingerprint density at radius 1 is 1.29 bits per heavy atom. The summed E-state index contributed by atoms with van der Waals surface area (Å²) in [5.74, 6) is -0.373. The molecule has 0 heterocycles. The zero-order valence-corrected chi connectivity index (χ0v) is 13.7. The number of nitrogens with one attached hydrogen (secondary N) is 2. The molecule has 0 aromatic heterocycles. The lowest BCUT2D eigenvalue weighted by molar-refractivity contribution is -0.121. The van der Waals surface area contributed by atoms with E-state index >= 15 is 0 Å². The third kappa shape index (κ3) is 5.45. The summed E-state index contributed by atoms with van der Waals surface area (Å²) in [6, 6.07) is 4.89. The van der Waals surface area contributed by atoms with E-state index in [4.69, 9.17) is 5.73 Å². The van der Waals surface area contributed by atoms with Crippen molar-refractivity contribution in [2.45, 2.75) is 44.7 Å². The molecule has 0 spiro atoms. The summed E-state index contributed by atoms with van der Waals surface area (Å²) in [6.07, 6.45) is 0. The third-order valence-corrected chi connectivity index (χ3v) is 4.26. The minimum absolute atomic E-state index is 0.156. The molecule has 0 atom stereocenters. The van der Waals surface area contributed by atoms with Crippen LogP contribution in [-0.2, 0) is 21.4 Å². The number of amides is 1. The number of carbonyl (C=O) groups excluding carboxylic acids is 1. The van der Waals surface area contributed by atoms with Crippen molar-refractivity contribution in [3.63, 3.8) is 0 Å². The zero-order chi connectivity index (χ0) is 16.3. The molecule has 0 radical (unpaired) electrons. The maximum Gasteiger partial charge on any atom is 0.241 e. The molecule has 1 amide bonds. The molecular formula is C14H23N3O3S. The molecule has 7 heteroatoms. The Morgan fingerprint density at radius 3 is 2.38 bits per heavy atom. The predicted molar refractivity (Wildman–Crippen MR) is 82.2 cm³/mol. The molecule has 0 aliphatic carbocycles. The van der Waals surface area contributed by atoms with Gasteiger partial charge in [0.25, 0.3) is 0 Å². The molecule has 118 valence electrons. The van der Waals surface area contributed by atoms with Crippen LogP contribution in [-0.4, -0.2) is 26.4 Å². The average Bonchev–Trinajstić information content (AvgIpc) is 2.34.